The molecule has 4 rings (SSSR count). The molecule has 0 aliphatic rings. The van der Waals surface area contributed by atoms with Gasteiger partial charge in [-0.05, 0) is 32.0 Å². The van der Waals surface area contributed by atoms with E-state index in [1.165, 1.54) is 23.1 Å². The summed E-state index contributed by atoms with van der Waals surface area (Å²) in [5, 5.41) is 25.3. The van der Waals surface area contributed by atoms with Gasteiger partial charge < -0.3 is 5.11 Å². The Labute approximate surface area is 163 Å². The summed E-state index contributed by atoms with van der Waals surface area (Å²) in [6.07, 6.45) is 0. The Morgan fingerprint density at radius 1 is 1.26 bits per heavy atom. The molecule has 9 heteroatoms. The van der Waals surface area contributed by atoms with E-state index in [-0.39, 0.29) is 17.1 Å². The van der Waals surface area contributed by atoms with Gasteiger partial charge >= 0.3 is 0 Å². The lowest BCUT2D eigenvalue weighted by Gasteiger charge is -2.00. The SMILES string of the molecule is Cc1cc(C)n2nc(SC/C(O)=C(\C#N)c3nc4ccccc4s3)nc2n1. The lowest BCUT2D eigenvalue weighted by molar-refractivity contribution is 0.420. The topological polar surface area (TPSA) is 100.0 Å². The van der Waals surface area contributed by atoms with Gasteiger partial charge in [-0.25, -0.2) is 14.5 Å². The van der Waals surface area contributed by atoms with Crippen molar-refractivity contribution in [1.82, 2.24) is 24.6 Å². The van der Waals surface area contributed by atoms with Crippen LogP contribution in [0.5, 0.6) is 0 Å². The Morgan fingerprint density at radius 3 is 2.85 bits per heavy atom. The van der Waals surface area contributed by atoms with Crippen molar-refractivity contribution in [1.29, 1.82) is 5.26 Å². The molecule has 3 aromatic heterocycles. The summed E-state index contributed by atoms with van der Waals surface area (Å²) in [4.78, 5) is 13.2. The second-order valence-electron chi connectivity index (χ2n) is 5.85. The quantitative estimate of drug-likeness (QED) is 0.318. The molecule has 3 heterocycles. The highest BCUT2D eigenvalue weighted by atomic mass is 32.2. The number of hydrogen-bond acceptors (Lipinski definition) is 8. The molecule has 0 atom stereocenters. The van der Waals surface area contributed by atoms with Crippen molar-refractivity contribution >= 4 is 44.7 Å². The monoisotopic (exact) mass is 394 g/mol. The zero-order valence-electron chi connectivity index (χ0n) is 14.5. The summed E-state index contributed by atoms with van der Waals surface area (Å²) in [5.74, 6) is 0.653. The third-order valence-corrected chi connectivity index (χ3v) is 5.75. The third-order valence-electron chi connectivity index (χ3n) is 3.84. The van der Waals surface area contributed by atoms with Gasteiger partial charge in [0.15, 0.2) is 0 Å². The van der Waals surface area contributed by atoms with Crippen molar-refractivity contribution in [3.63, 3.8) is 0 Å². The fourth-order valence-electron chi connectivity index (χ4n) is 2.63. The fraction of sp³-hybridized carbons (Fsp3) is 0.167. The number of thioether (sulfide) groups is 1. The molecule has 0 radical (unpaired) electrons. The van der Waals surface area contributed by atoms with Crippen molar-refractivity contribution in [3.05, 3.63) is 52.5 Å². The summed E-state index contributed by atoms with van der Waals surface area (Å²) < 4.78 is 2.63. The van der Waals surface area contributed by atoms with Gasteiger partial charge in [-0.2, -0.15) is 10.2 Å². The van der Waals surface area contributed by atoms with Crippen molar-refractivity contribution in [2.75, 3.05) is 5.75 Å². The Hall–Kier alpha value is -2.96. The second-order valence-corrected chi connectivity index (χ2v) is 7.83. The van der Waals surface area contributed by atoms with Crippen molar-refractivity contribution in [3.8, 4) is 6.07 Å². The smallest absolute Gasteiger partial charge is 0.253 e. The largest absolute Gasteiger partial charge is 0.510 e. The lowest BCUT2D eigenvalue weighted by Crippen LogP contribution is -1.97. The molecule has 0 aliphatic heterocycles. The van der Waals surface area contributed by atoms with Gasteiger partial charge in [0.05, 0.1) is 16.0 Å². The Kier molecular flexibility index (Phi) is 4.51. The molecule has 1 N–H and O–H groups in total. The molecular formula is C18H14N6OS2. The van der Waals surface area contributed by atoms with Gasteiger partial charge in [0.2, 0.25) is 5.16 Å². The van der Waals surface area contributed by atoms with Gasteiger partial charge in [0.1, 0.15) is 22.4 Å². The molecule has 4 aromatic rings. The Balaban J connectivity index is 1.60. The molecular weight excluding hydrogens is 380 g/mol. The van der Waals surface area contributed by atoms with Gasteiger partial charge in [-0.1, -0.05) is 23.9 Å². The highest BCUT2D eigenvalue weighted by Gasteiger charge is 2.15. The van der Waals surface area contributed by atoms with Crippen LogP contribution in [-0.2, 0) is 0 Å². The summed E-state index contributed by atoms with van der Waals surface area (Å²) >= 11 is 2.63. The van der Waals surface area contributed by atoms with E-state index >= 15 is 0 Å². The number of aromatic nitrogens is 5. The van der Waals surface area contributed by atoms with E-state index in [2.05, 4.69) is 26.1 Å². The molecule has 27 heavy (non-hydrogen) atoms. The van der Waals surface area contributed by atoms with E-state index in [0.717, 1.165) is 21.6 Å². The molecule has 0 saturated carbocycles. The summed E-state index contributed by atoms with van der Waals surface area (Å²) in [6, 6.07) is 11.6. The summed E-state index contributed by atoms with van der Waals surface area (Å²) in [7, 11) is 0. The highest BCUT2D eigenvalue weighted by Crippen LogP contribution is 2.29. The average Bonchev–Trinajstić information content (AvgIpc) is 3.24. The number of aliphatic hydroxyl groups excluding tert-OH is 1. The first-order valence-electron chi connectivity index (χ1n) is 8.07. The van der Waals surface area contributed by atoms with Crippen molar-refractivity contribution in [2.24, 2.45) is 0 Å². The minimum atomic E-state index is -0.0405. The molecule has 0 saturated heterocycles. The number of benzene rings is 1. The fourth-order valence-corrected chi connectivity index (χ4v) is 4.31. The van der Waals surface area contributed by atoms with Crippen LogP contribution in [0.25, 0.3) is 21.6 Å². The number of rotatable bonds is 4. The van der Waals surface area contributed by atoms with E-state index in [1.54, 1.807) is 4.52 Å². The average molecular weight is 394 g/mol. The number of nitriles is 1. The maximum Gasteiger partial charge on any atom is 0.253 e. The predicted octanol–water partition coefficient (Wildman–Crippen LogP) is 3.94. The van der Waals surface area contributed by atoms with Gasteiger partial charge in [0.25, 0.3) is 5.78 Å². The van der Waals surface area contributed by atoms with Crippen LogP contribution in [0.1, 0.15) is 16.4 Å². The van der Waals surface area contributed by atoms with Gasteiger partial charge in [-0.3, -0.25) is 0 Å². The van der Waals surface area contributed by atoms with Gasteiger partial charge in [0, 0.05) is 11.4 Å². The maximum atomic E-state index is 10.4. The number of fused-ring (bicyclic) bond motifs is 2. The second kappa shape index (κ2) is 6.98. The molecule has 134 valence electrons. The maximum absolute atomic E-state index is 10.4. The first-order chi connectivity index (χ1) is 13.0. The predicted molar refractivity (Wildman–Crippen MR) is 106 cm³/mol. The minimum Gasteiger partial charge on any atom is -0.510 e. The molecule has 1 aromatic carbocycles. The highest BCUT2D eigenvalue weighted by molar-refractivity contribution is 7.99. The van der Waals surface area contributed by atoms with Crippen LogP contribution in [0.4, 0.5) is 0 Å². The van der Waals surface area contributed by atoms with E-state index in [9.17, 15) is 10.4 Å². The zero-order valence-corrected chi connectivity index (χ0v) is 16.2. The molecule has 0 bridgehead atoms. The van der Waals surface area contributed by atoms with E-state index < -0.39 is 0 Å². The summed E-state index contributed by atoms with van der Waals surface area (Å²) in [6.45, 7) is 3.84. The molecule has 7 nitrogen and oxygen atoms in total. The van der Waals surface area contributed by atoms with Crippen LogP contribution in [-0.4, -0.2) is 35.4 Å². The Morgan fingerprint density at radius 2 is 2.07 bits per heavy atom. The standard InChI is InChI=1S/C18H14N6OS2/c1-10-7-11(2)24-17(20-10)22-18(23-24)26-9-14(25)12(8-19)16-21-13-5-3-4-6-15(13)27-16/h3-7,25H,9H2,1-2H3/b14-12-. The number of hydrogen-bond donors (Lipinski definition) is 1. The van der Waals surface area contributed by atoms with Crippen LogP contribution in [0.15, 0.2) is 41.2 Å². The normalized spacial score (nSPS) is 12.3. The molecule has 0 unspecified atom stereocenters. The lowest BCUT2D eigenvalue weighted by atomic mass is 10.2. The third kappa shape index (κ3) is 3.37. The molecule has 0 aliphatic carbocycles. The van der Waals surface area contributed by atoms with Crippen LogP contribution < -0.4 is 0 Å². The molecule has 0 fully saturated rings. The number of allylic oxidation sites excluding steroid dienone is 1. The first-order valence-corrected chi connectivity index (χ1v) is 9.87. The zero-order chi connectivity index (χ0) is 19.0. The van der Waals surface area contributed by atoms with Crippen molar-refractivity contribution < 1.29 is 5.11 Å². The van der Waals surface area contributed by atoms with Crippen molar-refractivity contribution in [2.45, 2.75) is 19.0 Å². The number of para-hydroxylation sites is 1. The summed E-state index contributed by atoms with van der Waals surface area (Å²) in [5.41, 5.74) is 2.79. The molecule has 0 amide bonds. The number of nitrogens with zero attached hydrogens (tertiary/aromatic N) is 6. The first kappa shape index (κ1) is 17.5. The van der Waals surface area contributed by atoms with Crippen LogP contribution in [0.3, 0.4) is 0 Å². The number of aliphatic hydroxyl groups is 1. The van der Waals surface area contributed by atoms with Crippen LogP contribution in [0.2, 0.25) is 0 Å². The van der Waals surface area contributed by atoms with Crippen LogP contribution >= 0.6 is 23.1 Å². The number of aryl methyl sites for hydroxylation is 2. The molecule has 0 spiro atoms. The van der Waals surface area contributed by atoms with Crippen LogP contribution in [0, 0.1) is 25.2 Å². The Bertz CT molecular complexity index is 1200. The van der Waals surface area contributed by atoms with E-state index in [1.807, 2.05) is 44.2 Å². The van der Waals surface area contributed by atoms with E-state index in [0.29, 0.717) is 15.9 Å². The minimum absolute atomic E-state index is 0.0405. The van der Waals surface area contributed by atoms with E-state index in [4.69, 9.17) is 0 Å². The van der Waals surface area contributed by atoms with Gasteiger partial charge in [-0.15, -0.1) is 16.4 Å². The number of thiazole rings is 1.